The molecule has 0 amide bonds. The molecule has 1 unspecified atom stereocenters. The largest absolute Gasteiger partial charge is 0.469 e. The Kier molecular flexibility index (Phi) is 3.65. The molecule has 0 saturated heterocycles. The first-order valence-corrected chi connectivity index (χ1v) is 6.62. The number of H-pyrrole nitrogens is 1. The summed E-state index contributed by atoms with van der Waals surface area (Å²) in [5, 5.41) is 1.18. The van der Waals surface area contributed by atoms with Crippen molar-refractivity contribution in [2.75, 3.05) is 7.11 Å². The van der Waals surface area contributed by atoms with Crippen molar-refractivity contribution in [1.29, 1.82) is 0 Å². The number of rotatable bonds is 4. The van der Waals surface area contributed by atoms with E-state index >= 15 is 0 Å². The lowest BCUT2D eigenvalue weighted by atomic mass is 9.74. The average molecular weight is 259 g/mol. The van der Waals surface area contributed by atoms with Crippen LogP contribution in [0, 0.1) is 11.3 Å². The monoisotopic (exact) mass is 259 g/mol. The van der Waals surface area contributed by atoms with E-state index in [1.807, 2.05) is 31.3 Å². The second-order valence-corrected chi connectivity index (χ2v) is 5.60. The zero-order valence-electron chi connectivity index (χ0n) is 12.0. The minimum Gasteiger partial charge on any atom is -0.469 e. The topological polar surface area (TPSA) is 42.1 Å². The first-order chi connectivity index (χ1) is 8.99. The molecule has 1 heterocycles. The van der Waals surface area contributed by atoms with Crippen LogP contribution in [0.1, 0.15) is 26.3 Å². The van der Waals surface area contributed by atoms with Gasteiger partial charge < -0.3 is 9.72 Å². The number of carbonyl (C=O) groups is 1. The van der Waals surface area contributed by atoms with Crippen molar-refractivity contribution in [2.24, 2.45) is 11.3 Å². The van der Waals surface area contributed by atoms with Gasteiger partial charge in [-0.3, -0.25) is 4.79 Å². The van der Waals surface area contributed by atoms with E-state index in [9.17, 15) is 4.79 Å². The summed E-state index contributed by atoms with van der Waals surface area (Å²) >= 11 is 0. The normalized spacial score (nSPS) is 14.6. The number of para-hydroxylation sites is 1. The second kappa shape index (κ2) is 5.08. The number of aromatic nitrogens is 1. The highest BCUT2D eigenvalue weighted by Crippen LogP contribution is 2.34. The molecule has 0 fully saturated rings. The smallest absolute Gasteiger partial charge is 0.312 e. The van der Waals surface area contributed by atoms with E-state index in [0.29, 0.717) is 6.42 Å². The first kappa shape index (κ1) is 13.7. The summed E-state index contributed by atoms with van der Waals surface area (Å²) in [5.74, 6) is 0.0707. The minimum absolute atomic E-state index is 0.146. The standard InChI is InChI=1S/C16H21NO2/c1-11(2)16(3,15(18)19-4)9-12-10-17-14-8-6-5-7-13(12)14/h5-8,10-11,17H,9H2,1-4H3. The van der Waals surface area contributed by atoms with Crippen molar-refractivity contribution >= 4 is 16.9 Å². The number of aromatic amines is 1. The van der Waals surface area contributed by atoms with Crippen LogP contribution in [0.25, 0.3) is 10.9 Å². The fourth-order valence-electron chi connectivity index (χ4n) is 2.42. The molecule has 0 radical (unpaired) electrons. The molecule has 2 rings (SSSR count). The van der Waals surface area contributed by atoms with Crippen LogP contribution < -0.4 is 0 Å². The van der Waals surface area contributed by atoms with Crippen molar-refractivity contribution < 1.29 is 9.53 Å². The summed E-state index contributed by atoms with van der Waals surface area (Å²) in [6, 6.07) is 8.15. The second-order valence-electron chi connectivity index (χ2n) is 5.60. The lowest BCUT2D eigenvalue weighted by molar-refractivity contribution is -0.154. The molecule has 3 heteroatoms. The van der Waals surface area contributed by atoms with E-state index in [4.69, 9.17) is 4.74 Å². The molecule has 0 saturated carbocycles. The molecule has 0 aliphatic carbocycles. The highest BCUT2D eigenvalue weighted by molar-refractivity contribution is 5.84. The van der Waals surface area contributed by atoms with Crippen LogP contribution in [0.15, 0.2) is 30.5 Å². The number of fused-ring (bicyclic) bond motifs is 1. The van der Waals surface area contributed by atoms with Gasteiger partial charge in [0.1, 0.15) is 0 Å². The Hall–Kier alpha value is -1.77. The highest BCUT2D eigenvalue weighted by atomic mass is 16.5. The van der Waals surface area contributed by atoms with Crippen molar-refractivity contribution in [2.45, 2.75) is 27.2 Å². The Bertz CT molecular complexity index is 585. The van der Waals surface area contributed by atoms with Gasteiger partial charge in [-0.15, -0.1) is 0 Å². The third-order valence-electron chi connectivity index (χ3n) is 4.16. The van der Waals surface area contributed by atoms with Gasteiger partial charge in [-0.1, -0.05) is 32.0 Å². The number of esters is 1. The summed E-state index contributed by atoms with van der Waals surface area (Å²) in [5.41, 5.74) is 1.77. The van der Waals surface area contributed by atoms with E-state index in [1.54, 1.807) is 0 Å². The number of carbonyl (C=O) groups excluding carboxylic acids is 1. The quantitative estimate of drug-likeness (QED) is 0.853. The molecule has 1 aromatic heterocycles. The zero-order chi connectivity index (χ0) is 14.0. The van der Waals surface area contributed by atoms with Gasteiger partial charge in [0.2, 0.25) is 0 Å². The molecule has 102 valence electrons. The molecule has 3 nitrogen and oxygen atoms in total. The summed E-state index contributed by atoms with van der Waals surface area (Å²) in [6.45, 7) is 6.10. The Labute approximate surface area is 114 Å². The predicted molar refractivity (Wildman–Crippen MR) is 77.0 cm³/mol. The third kappa shape index (κ3) is 2.37. The Morgan fingerprint density at radius 3 is 2.68 bits per heavy atom. The highest BCUT2D eigenvalue weighted by Gasteiger charge is 2.38. The van der Waals surface area contributed by atoms with Gasteiger partial charge in [0.25, 0.3) is 0 Å². The van der Waals surface area contributed by atoms with Crippen molar-refractivity contribution in [1.82, 2.24) is 4.98 Å². The minimum atomic E-state index is -0.500. The van der Waals surface area contributed by atoms with Crippen LogP contribution in [-0.2, 0) is 16.0 Å². The van der Waals surface area contributed by atoms with Crippen LogP contribution in [0.2, 0.25) is 0 Å². The Morgan fingerprint density at radius 1 is 1.37 bits per heavy atom. The van der Waals surface area contributed by atoms with Crippen LogP contribution in [0.3, 0.4) is 0 Å². The van der Waals surface area contributed by atoms with Gasteiger partial charge in [-0.2, -0.15) is 0 Å². The van der Waals surface area contributed by atoms with Crippen LogP contribution >= 0.6 is 0 Å². The van der Waals surface area contributed by atoms with Crippen molar-refractivity contribution in [3.8, 4) is 0 Å². The number of hydrogen-bond acceptors (Lipinski definition) is 2. The lowest BCUT2D eigenvalue weighted by Crippen LogP contribution is -2.36. The molecule has 0 aliphatic rings. The maximum Gasteiger partial charge on any atom is 0.312 e. The van der Waals surface area contributed by atoms with Crippen molar-refractivity contribution in [3.63, 3.8) is 0 Å². The van der Waals surface area contributed by atoms with Gasteiger partial charge in [0.15, 0.2) is 0 Å². The summed E-state index contributed by atoms with van der Waals surface area (Å²) in [7, 11) is 1.46. The van der Waals surface area contributed by atoms with Gasteiger partial charge >= 0.3 is 5.97 Å². The maximum atomic E-state index is 12.1. The molecule has 19 heavy (non-hydrogen) atoms. The molecule has 0 spiro atoms. The number of ether oxygens (including phenoxy) is 1. The molecule has 0 aliphatic heterocycles. The van der Waals surface area contributed by atoms with Gasteiger partial charge in [0, 0.05) is 17.1 Å². The van der Waals surface area contributed by atoms with Crippen LogP contribution in [0.4, 0.5) is 0 Å². The SMILES string of the molecule is COC(=O)C(C)(Cc1c[nH]c2ccccc12)C(C)C. The summed E-state index contributed by atoms with van der Waals surface area (Å²) < 4.78 is 4.99. The van der Waals surface area contributed by atoms with Gasteiger partial charge in [-0.05, 0) is 30.9 Å². The number of hydrogen-bond donors (Lipinski definition) is 1. The molecule has 2 aromatic rings. The Morgan fingerprint density at radius 2 is 2.05 bits per heavy atom. The zero-order valence-corrected chi connectivity index (χ0v) is 12.0. The first-order valence-electron chi connectivity index (χ1n) is 6.62. The average Bonchev–Trinajstić information content (AvgIpc) is 2.81. The summed E-state index contributed by atoms with van der Waals surface area (Å²) in [4.78, 5) is 15.4. The molecule has 1 atom stereocenters. The van der Waals surface area contributed by atoms with E-state index in [2.05, 4.69) is 24.9 Å². The molecule has 0 bridgehead atoms. The molecular formula is C16H21NO2. The fraction of sp³-hybridized carbons (Fsp3) is 0.438. The summed E-state index contributed by atoms with van der Waals surface area (Å²) in [6.07, 6.45) is 2.68. The Balaban J connectivity index is 2.39. The number of benzene rings is 1. The number of methoxy groups -OCH3 is 1. The predicted octanol–water partition coefficient (Wildman–Crippen LogP) is 3.55. The maximum absolute atomic E-state index is 12.1. The lowest BCUT2D eigenvalue weighted by Gasteiger charge is -2.30. The molecule has 1 aromatic carbocycles. The van der Waals surface area contributed by atoms with E-state index in [0.717, 1.165) is 11.1 Å². The fourth-order valence-corrected chi connectivity index (χ4v) is 2.42. The third-order valence-corrected chi connectivity index (χ3v) is 4.16. The molecular weight excluding hydrogens is 238 g/mol. The van der Waals surface area contributed by atoms with Crippen LogP contribution in [-0.4, -0.2) is 18.1 Å². The van der Waals surface area contributed by atoms with E-state index in [-0.39, 0.29) is 11.9 Å². The van der Waals surface area contributed by atoms with Gasteiger partial charge in [0.05, 0.1) is 12.5 Å². The van der Waals surface area contributed by atoms with E-state index in [1.165, 1.54) is 12.5 Å². The van der Waals surface area contributed by atoms with E-state index < -0.39 is 5.41 Å². The van der Waals surface area contributed by atoms with Crippen molar-refractivity contribution in [3.05, 3.63) is 36.0 Å². The number of nitrogens with one attached hydrogen (secondary N) is 1. The van der Waals surface area contributed by atoms with Gasteiger partial charge in [-0.25, -0.2) is 0 Å². The molecule has 1 N–H and O–H groups in total. The van der Waals surface area contributed by atoms with Crippen LogP contribution in [0.5, 0.6) is 0 Å².